The highest BCUT2D eigenvalue weighted by Gasteiger charge is 2.14. The molecular weight excluding hydrogens is 292 g/mol. The Morgan fingerprint density at radius 1 is 1.48 bits per heavy atom. The number of fused-ring (bicyclic) bond motifs is 1. The number of rotatable bonds is 8. The molecule has 7 heteroatoms. The van der Waals surface area contributed by atoms with Crippen molar-refractivity contribution >= 4 is 17.7 Å². The number of benzene rings is 1. The van der Waals surface area contributed by atoms with E-state index >= 15 is 0 Å². The van der Waals surface area contributed by atoms with Gasteiger partial charge in [0.05, 0.1) is 12.6 Å². The Hall–Kier alpha value is -1.60. The molecule has 1 aliphatic rings. The molecule has 1 aromatic rings. The Morgan fingerprint density at radius 2 is 2.29 bits per heavy atom. The monoisotopic (exact) mass is 312 g/mol. The molecule has 0 radical (unpaired) electrons. The lowest BCUT2D eigenvalue weighted by molar-refractivity contribution is -0.122. The smallest absolute Gasteiger partial charge is 0.237 e. The van der Waals surface area contributed by atoms with Crippen LogP contribution in [0.15, 0.2) is 18.2 Å². The summed E-state index contributed by atoms with van der Waals surface area (Å²) in [5.74, 6) is 2.81. The molecule has 116 valence electrons. The fourth-order valence-electron chi connectivity index (χ4n) is 1.82. The summed E-state index contributed by atoms with van der Waals surface area (Å²) in [5.41, 5.74) is 5.76. The zero-order chi connectivity index (χ0) is 15.1. The van der Waals surface area contributed by atoms with Gasteiger partial charge in [0.2, 0.25) is 12.7 Å². The second-order valence-corrected chi connectivity index (χ2v) is 5.53. The summed E-state index contributed by atoms with van der Waals surface area (Å²) in [7, 11) is 0. The number of nitrogens with one attached hydrogen (secondary N) is 1. The minimum atomic E-state index is -0.456. The van der Waals surface area contributed by atoms with Gasteiger partial charge in [0.1, 0.15) is 12.4 Å². The Morgan fingerprint density at radius 3 is 3.10 bits per heavy atom. The fraction of sp³-hybridized carbons (Fsp3) is 0.500. The van der Waals surface area contributed by atoms with Crippen LogP contribution >= 0.6 is 11.8 Å². The molecule has 1 atom stereocenters. The average Bonchev–Trinajstić information content (AvgIpc) is 2.96. The van der Waals surface area contributed by atoms with Crippen LogP contribution in [0.3, 0.4) is 0 Å². The summed E-state index contributed by atoms with van der Waals surface area (Å²) in [6, 6.07) is 4.92. The van der Waals surface area contributed by atoms with Crippen molar-refractivity contribution in [2.24, 2.45) is 5.73 Å². The average molecular weight is 312 g/mol. The molecule has 1 amide bonds. The Balaban J connectivity index is 1.66. The maximum atomic E-state index is 11.7. The van der Waals surface area contributed by atoms with Gasteiger partial charge in [-0.15, -0.1) is 0 Å². The summed E-state index contributed by atoms with van der Waals surface area (Å²) >= 11 is 1.68. The molecule has 0 unspecified atom stereocenters. The fourth-order valence-corrected chi connectivity index (χ4v) is 2.31. The van der Waals surface area contributed by atoms with Crippen LogP contribution in [0.25, 0.3) is 0 Å². The maximum Gasteiger partial charge on any atom is 0.237 e. The van der Waals surface area contributed by atoms with Gasteiger partial charge in [0.15, 0.2) is 11.5 Å². The van der Waals surface area contributed by atoms with E-state index < -0.39 is 6.04 Å². The first-order valence-electron chi connectivity index (χ1n) is 6.75. The summed E-state index contributed by atoms with van der Waals surface area (Å²) in [5, 5.41) is 2.76. The van der Waals surface area contributed by atoms with E-state index in [9.17, 15) is 4.79 Å². The number of carbonyl (C=O) groups is 1. The second-order valence-electron chi connectivity index (χ2n) is 4.54. The molecule has 0 spiro atoms. The highest BCUT2D eigenvalue weighted by molar-refractivity contribution is 7.98. The molecule has 0 fully saturated rings. The first kappa shape index (κ1) is 15.8. The number of amides is 1. The van der Waals surface area contributed by atoms with Gasteiger partial charge in [-0.3, -0.25) is 4.79 Å². The van der Waals surface area contributed by atoms with Crippen molar-refractivity contribution in [2.75, 3.05) is 32.0 Å². The van der Waals surface area contributed by atoms with Crippen molar-refractivity contribution in [3.8, 4) is 17.2 Å². The molecule has 0 aliphatic carbocycles. The standard InChI is InChI=1S/C14H20N2O4S/c1-21-7-4-11(15)14(17)16-5-6-18-10-2-3-12-13(8-10)20-9-19-12/h2-3,8,11H,4-7,9,15H2,1H3,(H,16,17)/t11-/m0/s1. The van der Waals surface area contributed by atoms with Crippen LogP contribution in [-0.2, 0) is 4.79 Å². The highest BCUT2D eigenvalue weighted by Crippen LogP contribution is 2.34. The molecule has 1 aromatic carbocycles. The van der Waals surface area contributed by atoms with Crippen molar-refractivity contribution in [3.63, 3.8) is 0 Å². The Bertz CT molecular complexity index is 484. The summed E-state index contributed by atoms with van der Waals surface area (Å²) in [4.78, 5) is 11.7. The van der Waals surface area contributed by atoms with Crippen LogP contribution in [0.5, 0.6) is 17.2 Å². The van der Waals surface area contributed by atoms with E-state index in [4.69, 9.17) is 19.9 Å². The largest absolute Gasteiger partial charge is 0.492 e. The maximum absolute atomic E-state index is 11.7. The van der Waals surface area contributed by atoms with Crippen molar-refractivity contribution in [3.05, 3.63) is 18.2 Å². The minimum absolute atomic E-state index is 0.140. The van der Waals surface area contributed by atoms with Crippen LogP contribution in [-0.4, -0.2) is 43.9 Å². The number of thioether (sulfide) groups is 1. The van der Waals surface area contributed by atoms with Crippen molar-refractivity contribution in [1.82, 2.24) is 5.32 Å². The quantitative estimate of drug-likeness (QED) is 0.697. The van der Waals surface area contributed by atoms with Gasteiger partial charge in [-0.1, -0.05) is 0 Å². The number of carbonyl (C=O) groups excluding carboxylic acids is 1. The molecular formula is C14H20N2O4S. The first-order chi connectivity index (χ1) is 10.2. The zero-order valence-corrected chi connectivity index (χ0v) is 12.8. The molecule has 3 N–H and O–H groups in total. The molecule has 0 saturated carbocycles. The Labute approximate surface area is 128 Å². The molecule has 2 rings (SSSR count). The van der Waals surface area contributed by atoms with E-state index in [1.54, 1.807) is 30.0 Å². The van der Waals surface area contributed by atoms with Gasteiger partial charge in [0, 0.05) is 6.07 Å². The second kappa shape index (κ2) is 7.99. The van der Waals surface area contributed by atoms with Gasteiger partial charge in [-0.25, -0.2) is 0 Å². The lowest BCUT2D eigenvalue weighted by Gasteiger charge is -2.12. The van der Waals surface area contributed by atoms with Gasteiger partial charge in [0.25, 0.3) is 0 Å². The van der Waals surface area contributed by atoms with Crippen LogP contribution in [0, 0.1) is 0 Å². The van der Waals surface area contributed by atoms with Crippen LogP contribution in [0.4, 0.5) is 0 Å². The summed E-state index contributed by atoms with van der Waals surface area (Å²) in [6.07, 6.45) is 2.67. The van der Waals surface area contributed by atoms with E-state index in [0.717, 1.165) is 11.5 Å². The van der Waals surface area contributed by atoms with E-state index in [0.29, 0.717) is 31.1 Å². The third-order valence-corrected chi connectivity index (χ3v) is 3.63. The van der Waals surface area contributed by atoms with E-state index in [1.165, 1.54) is 0 Å². The van der Waals surface area contributed by atoms with Crippen molar-refractivity contribution in [2.45, 2.75) is 12.5 Å². The minimum Gasteiger partial charge on any atom is -0.492 e. The molecule has 6 nitrogen and oxygen atoms in total. The van der Waals surface area contributed by atoms with Crippen LogP contribution in [0.2, 0.25) is 0 Å². The van der Waals surface area contributed by atoms with Crippen LogP contribution < -0.4 is 25.3 Å². The third-order valence-electron chi connectivity index (χ3n) is 2.98. The SMILES string of the molecule is CSCC[C@H](N)C(=O)NCCOc1ccc2c(c1)OCO2. The zero-order valence-electron chi connectivity index (χ0n) is 12.0. The lowest BCUT2D eigenvalue weighted by atomic mass is 10.2. The topological polar surface area (TPSA) is 82.8 Å². The molecule has 1 heterocycles. The predicted molar refractivity (Wildman–Crippen MR) is 82.0 cm³/mol. The first-order valence-corrected chi connectivity index (χ1v) is 8.15. The number of ether oxygens (including phenoxy) is 3. The van der Waals surface area contributed by atoms with E-state index in [1.807, 2.05) is 6.26 Å². The van der Waals surface area contributed by atoms with Crippen molar-refractivity contribution in [1.29, 1.82) is 0 Å². The van der Waals surface area contributed by atoms with Crippen LogP contribution in [0.1, 0.15) is 6.42 Å². The number of hydrogen-bond acceptors (Lipinski definition) is 6. The lowest BCUT2D eigenvalue weighted by Crippen LogP contribution is -2.42. The van der Waals surface area contributed by atoms with E-state index in [2.05, 4.69) is 5.32 Å². The number of hydrogen-bond donors (Lipinski definition) is 2. The molecule has 21 heavy (non-hydrogen) atoms. The molecule has 0 bridgehead atoms. The summed E-state index contributed by atoms with van der Waals surface area (Å²) in [6.45, 7) is 1.03. The predicted octanol–water partition coefficient (Wildman–Crippen LogP) is 0.991. The highest BCUT2D eigenvalue weighted by atomic mass is 32.2. The van der Waals surface area contributed by atoms with Crippen molar-refractivity contribution < 1.29 is 19.0 Å². The Kier molecular flexibility index (Phi) is 6.01. The molecule has 0 saturated heterocycles. The normalized spacial score (nSPS) is 13.8. The molecule has 0 aromatic heterocycles. The van der Waals surface area contributed by atoms with Gasteiger partial charge >= 0.3 is 0 Å². The number of nitrogens with two attached hydrogens (primary N) is 1. The third kappa shape index (κ3) is 4.71. The van der Waals surface area contributed by atoms with Gasteiger partial charge in [-0.2, -0.15) is 11.8 Å². The van der Waals surface area contributed by atoms with E-state index in [-0.39, 0.29) is 12.7 Å². The van der Waals surface area contributed by atoms with Gasteiger partial charge < -0.3 is 25.3 Å². The summed E-state index contributed by atoms with van der Waals surface area (Å²) < 4.78 is 16.0. The molecule has 1 aliphatic heterocycles. The van der Waals surface area contributed by atoms with Gasteiger partial charge in [-0.05, 0) is 30.6 Å².